The highest BCUT2D eigenvalue weighted by atomic mass is 32.2. The summed E-state index contributed by atoms with van der Waals surface area (Å²) in [6.45, 7) is 0.289. The van der Waals surface area contributed by atoms with Crippen LogP contribution in [0.25, 0.3) is 0 Å². The van der Waals surface area contributed by atoms with Gasteiger partial charge in [-0.05, 0) is 36.5 Å². The zero-order valence-electron chi connectivity index (χ0n) is 12.9. The number of hydrogen-bond acceptors (Lipinski definition) is 4. The number of nitrogens with zero attached hydrogens (tertiary/aromatic N) is 1. The molecular weight excluding hydrogens is 310 g/mol. The molecule has 3 rings (SSSR count). The molecule has 1 aromatic heterocycles. The Kier molecular flexibility index (Phi) is 5.54. The Hall–Kier alpha value is -1.56. The average molecular weight is 331 g/mol. The molecule has 5 heteroatoms. The molecular formula is C18H21NO3S. The smallest absolute Gasteiger partial charge is 0.251 e. The summed E-state index contributed by atoms with van der Waals surface area (Å²) < 4.78 is 6.76. The Morgan fingerprint density at radius 3 is 2.96 bits per heavy atom. The molecule has 1 N–H and O–H groups in total. The molecule has 1 aliphatic carbocycles. The van der Waals surface area contributed by atoms with Gasteiger partial charge >= 0.3 is 0 Å². The first-order valence-electron chi connectivity index (χ1n) is 7.92. The molecule has 0 amide bonds. The fourth-order valence-corrected chi connectivity index (χ4v) is 3.69. The summed E-state index contributed by atoms with van der Waals surface area (Å²) in [5.74, 6) is 0.445. The van der Waals surface area contributed by atoms with Gasteiger partial charge in [0.2, 0.25) is 0 Å². The number of thioether (sulfide) groups is 1. The number of aliphatic hydroxyl groups is 1. The number of hydrogen-bond donors (Lipinski definition) is 1. The second-order valence-electron chi connectivity index (χ2n) is 5.74. The fourth-order valence-electron chi connectivity index (χ4n) is 2.86. The van der Waals surface area contributed by atoms with Crippen molar-refractivity contribution in [2.75, 3.05) is 12.4 Å². The zero-order valence-corrected chi connectivity index (χ0v) is 13.7. The maximum Gasteiger partial charge on any atom is 0.251 e. The van der Waals surface area contributed by atoms with Crippen LogP contribution in [-0.2, 0) is 11.2 Å². The van der Waals surface area contributed by atoms with E-state index in [1.54, 1.807) is 12.1 Å². The van der Waals surface area contributed by atoms with Crippen molar-refractivity contribution in [1.29, 1.82) is 0 Å². The average Bonchev–Trinajstić information content (AvgIpc) is 2.59. The topological polar surface area (TPSA) is 56.4 Å². The highest BCUT2D eigenvalue weighted by molar-refractivity contribution is 7.99. The molecule has 0 aliphatic heterocycles. The highest BCUT2D eigenvalue weighted by Crippen LogP contribution is 2.32. The quantitative estimate of drug-likeness (QED) is 0.502. The third kappa shape index (κ3) is 4.25. The number of aliphatic hydroxyl groups excluding tert-OH is 1. The van der Waals surface area contributed by atoms with Gasteiger partial charge in [-0.3, -0.25) is 0 Å². The van der Waals surface area contributed by atoms with Gasteiger partial charge in [0, 0.05) is 17.9 Å². The van der Waals surface area contributed by atoms with E-state index in [0.29, 0.717) is 10.8 Å². The van der Waals surface area contributed by atoms with Gasteiger partial charge in [0.1, 0.15) is 0 Å². The van der Waals surface area contributed by atoms with Crippen LogP contribution in [0.3, 0.4) is 0 Å². The predicted molar refractivity (Wildman–Crippen MR) is 90.2 cm³/mol. The summed E-state index contributed by atoms with van der Waals surface area (Å²) in [4.78, 5) is 0. The molecule has 0 spiro atoms. The molecule has 1 heterocycles. The maximum atomic E-state index is 11.6. The first-order valence-corrected chi connectivity index (χ1v) is 8.91. The first kappa shape index (κ1) is 16.3. The number of fused-ring (bicyclic) bond motifs is 1. The Labute approximate surface area is 140 Å². The van der Waals surface area contributed by atoms with E-state index in [-0.39, 0.29) is 12.7 Å². The molecule has 1 aromatic carbocycles. The van der Waals surface area contributed by atoms with E-state index >= 15 is 0 Å². The third-order valence-electron chi connectivity index (χ3n) is 4.02. The van der Waals surface area contributed by atoms with Crippen molar-refractivity contribution in [1.82, 2.24) is 0 Å². The molecule has 23 heavy (non-hydrogen) atoms. The van der Waals surface area contributed by atoms with Gasteiger partial charge in [-0.25, -0.2) is 0 Å². The summed E-state index contributed by atoms with van der Waals surface area (Å²) in [7, 11) is 0. The van der Waals surface area contributed by atoms with Gasteiger partial charge in [0.05, 0.1) is 18.8 Å². The Bertz CT molecular complexity index is 650. The molecule has 0 saturated carbocycles. The summed E-state index contributed by atoms with van der Waals surface area (Å²) in [6.07, 6.45) is 4.16. The van der Waals surface area contributed by atoms with E-state index in [9.17, 15) is 10.3 Å². The van der Waals surface area contributed by atoms with Gasteiger partial charge in [-0.1, -0.05) is 36.0 Å². The summed E-state index contributed by atoms with van der Waals surface area (Å²) >= 11 is 1.35. The van der Waals surface area contributed by atoms with Gasteiger partial charge in [0.25, 0.3) is 5.03 Å². The summed E-state index contributed by atoms with van der Waals surface area (Å²) in [5, 5.41) is 22.3. The standard InChI is InChI=1S/C18H21NO3S/c20-15(13-23-18-10-3-4-11-19(18)21)12-22-17-9-5-7-14-6-1-2-8-16(14)17/h1-4,6,8,10-11,15,17,20H,5,7,9,12-13H2/t15-,17-/m0/s1. The molecule has 0 radical (unpaired) electrons. The Balaban J connectivity index is 1.50. The second-order valence-corrected chi connectivity index (χ2v) is 6.78. The van der Waals surface area contributed by atoms with Crippen molar-refractivity contribution in [2.24, 2.45) is 0 Å². The number of aryl methyl sites for hydroxylation is 1. The number of pyridine rings is 1. The summed E-state index contributed by atoms with van der Waals surface area (Å²) in [5.41, 5.74) is 2.60. The lowest BCUT2D eigenvalue weighted by molar-refractivity contribution is -0.645. The highest BCUT2D eigenvalue weighted by Gasteiger charge is 2.21. The van der Waals surface area contributed by atoms with Gasteiger partial charge in [-0.2, -0.15) is 4.73 Å². The molecule has 122 valence electrons. The monoisotopic (exact) mass is 331 g/mol. The molecule has 0 saturated heterocycles. The van der Waals surface area contributed by atoms with Crippen LogP contribution in [0.1, 0.15) is 30.1 Å². The fraction of sp³-hybridized carbons (Fsp3) is 0.389. The lowest BCUT2D eigenvalue weighted by Gasteiger charge is -2.26. The number of benzene rings is 1. The molecule has 2 atom stereocenters. The van der Waals surface area contributed by atoms with Crippen LogP contribution >= 0.6 is 11.8 Å². The normalized spacial score (nSPS) is 18.4. The molecule has 0 bridgehead atoms. The van der Waals surface area contributed by atoms with E-state index in [2.05, 4.69) is 18.2 Å². The Morgan fingerprint density at radius 1 is 1.26 bits per heavy atom. The van der Waals surface area contributed by atoms with E-state index in [1.807, 2.05) is 12.1 Å². The maximum absolute atomic E-state index is 11.6. The van der Waals surface area contributed by atoms with Gasteiger partial charge < -0.3 is 15.1 Å². The minimum atomic E-state index is -0.589. The van der Waals surface area contributed by atoms with E-state index in [4.69, 9.17) is 4.74 Å². The number of ether oxygens (including phenoxy) is 1. The van der Waals surface area contributed by atoms with Crippen molar-refractivity contribution < 1.29 is 14.6 Å². The van der Waals surface area contributed by atoms with Crippen LogP contribution in [0.5, 0.6) is 0 Å². The molecule has 0 fully saturated rings. The van der Waals surface area contributed by atoms with E-state index in [1.165, 1.54) is 29.1 Å². The molecule has 2 aromatic rings. The first-order chi connectivity index (χ1) is 11.2. The lowest BCUT2D eigenvalue weighted by Crippen LogP contribution is -2.29. The van der Waals surface area contributed by atoms with Crippen LogP contribution in [0.2, 0.25) is 0 Å². The molecule has 0 unspecified atom stereocenters. The van der Waals surface area contributed by atoms with Crippen LogP contribution in [0.4, 0.5) is 0 Å². The van der Waals surface area contributed by atoms with E-state index < -0.39 is 6.10 Å². The van der Waals surface area contributed by atoms with Crippen molar-refractivity contribution in [2.45, 2.75) is 36.5 Å². The van der Waals surface area contributed by atoms with Gasteiger partial charge in [-0.15, -0.1) is 0 Å². The number of rotatable bonds is 6. The molecule has 1 aliphatic rings. The largest absolute Gasteiger partial charge is 0.618 e. The zero-order chi connectivity index (χ0) is 16.1. The SMILES string of the molecule is [O-][n+]1ccccc1SC[C@@H](O)CO[C@H]1CCCc2ccccc21. The van der Waals surface area contributed by atoms with Crippen LogP contribution in [-0.4, -0.2) is 23.6 Å². The summed E-state index contributed by atoms with van der Waals surface area (Å²) in [6, 6.07) is 13.6. The number of aromatic nitrogens is 1. The van der Waals surface area contributed by atoms with Crippen molar-refractivity contribution in [3.05, 3.63) is 65.0 Å². The van der Waals surface area contributed by atoms with Crippen molar-refractivity contribution in [3.63, 3.8) is 0 Å². The van der Waals surface area contributed by atoms with Crippen LogP contribution < -0.4 is 4.73 Å². The molecule has 4 nitrogen and oxygen atoms in total. The predicted octanol–water partition coefficient (Wildman–Crippen LogP) is 2.87. The van der Waals surface area contributed by atoms with Crippen LogP contribution in [0, 0.1) is 5.21 Å². The second kappa shape index (κ2) is 7.81. The van der Waals surface area contributed by atoms with Crippen molar-refractivity contribution in [3.8, 4) is 0 Å². The third-order valence-corrected chi connectivity index (χ3v) is 5.18. The van der Waals surface area contributed by atoms with Crippen molar-refractivity contribution >= 4 is 11.8 Å². The van der Waals surface area contributed by atoms with E-state index in [0.717, 1.165) is 24.0 Å². The minimum Gasteiger partial charge on any atom is -0.618 e. The van der Waals surface area contributed by atoms with Gasteiger partial charge in [0.15, 0.2) is 6.20 Å². The van der Waals surface area contributed by atoms with Crippen LogP contribution in [0.15, 0.2) is 53.7 Å². The Morgan fingerprint density at radius 2 is 2.09 bits per heavy atom. The lowest BCUT2D eigenvalue weighted by atomic mass is 9.89. The minimum absolute atomic E-state index is 0.0702.